The first-order valence-corrected chi connectivity index (χ1v) is 15.8. The van der Waals surface area contributed by atoms with Gasteiger partial charge in [-0.1, -0.05) is 75.9 Å². The molecule has 4 radical (unpaired) electrons. The average Bonchev–Trinajstić information content (AvgIpc) is 3.42. The molecule has 4 rings (SSSR count). The minimum Gasteiger partial charge on any atom is 1.00 e. The van der Waals surface area contributed by atoms with E-state index in [0.717, 1.165) is 26.2 Å². The number of unbranched alkanes of at least 4 members (excludes halogenated alkanes) is 4. The second-order valence-electron chi connectivity index (χ2n) is 9.65. The average molecular weight is 710 g/mol. The van der Waals surface area contributed by atoms with Gasteiger partial charge in [-0.05, 0) is 37.1 Å². The van der Waals surface area contributed by atoms with Crippen molar-refractivity contribution in [2.75, 3.05) is 45.8 Å². The summed E-state index contributed by atoms with van der Waals surface area (Å²) in [6.45, 7) is 22.6. The maximum absolute atomic E-state index is 10.7. The van der Waals surface area contributed by atoms with Gasteiger partial charge in [0.1, 0.15) is 0 Å². The fourth-order valence-corrected chi connectivity index (χ4v) is 4.27. The van der Waals surface area contributed by atoms with Gasteiger partial charge < -0.3 is 19.6 Å². The summed E-state index contributed by atoms with van der Waals surface area (Å²) in [4.78, 5) is 8.73. The molecule has 238 valence electrons. The summed E-state index contributed by atoms with van der Waals surface area (Å²) in [6.07, 6.45) is 11.3. The minimum absolute atomic E-state index is 0. The summed E-state index contributed by atoms with van der Waals surface area (Å²) in [7, 11) is -10.7. The zero-order valence-corrected chi connectivity index (χ0v) is 26.4. The smallest absolute Gasteiger partial charge is 1.00 e. The molecule has 2 aromatic carbocycles. The van der Waals surface area contributed by atoms with Gasteiger partial charge in [-0.25, -0.2) is 0 Å². The van der Waals surface area contributed by atoms with E-state index in [0.29, 0.717) is 0 Å². The van der Waals surface area contributed by atoms with Crippen LogP contribution < -0.4 is 19.6 Å². The molecule has 0 aliphatic carbocycles. The number of hydrogen-bond donors (Lipinski definition) is 0. The van der Waals surface area contributed by atoms with Crippen LogP contribution in [0.3, 0.4) is 0 Å². The minimum atomic E-state index is -10.7. The Bertz CT molecular complexity index is 1030. The first-order chi connectivity index (χ1) is 19.2. The third-order valence-corrected chi connectivity index (χ3v) is 6.00. The van der Waals surface area contributed by atoms with E-state index in [1.165, 1.54) is 61.3 Å². The number of benzene rings is 2. The van der Waals surface area contributed by atoms with Gasteiger partial charge in [-0.2, -0.15) is 0 Å². The standard InChI is InChI=1S/2C15H20N2.Ag.F6P/c2*1-3-5-8-12-17-13-16(11-4-2)14-9-6-7-10-15(14)17;;1-7(2,3,4,5)6/h2*4,6-7,9-10H,2-3,5,8,11-12H2,1H3;;/q;;+1;-1. The van der Waals surface area contributed by atoms with E-state index in [9.17, 15) is 25.2 Å². The van der Waals surface area contributed by atoms with Crippen molar-refractivity contribution in [2.24, 2.45) is 0 Å². The van der Waals surface area contributed by atoms with Crippen molar-refractivity contribution in [3.8, 4) is 0 Å². The largest absolute Gasteiger partial charge is 1.00 e. The second-order valence-corrected chi connectivity index (χ2v) is 11.6. The van der Waals surface area contributed by atoms with E-state index in [1.807, 2.05) is 12.2 Å². The van der Waals surface area contributed by atoms with Crippen molar-refractivity contribution in [1.29, 1.82) is 0 Å². The number of hydrogen-bond acceptors (Lipinski definition) is 4. The summed E-state index contributed by atoms with van der Waals surface area (Å²) in [5.74, 6) is 0. The predicted molar refractivity (Wildman–Crippen MR) is 162 cm³/mol. The normalized spacial score (nSPS) is 15.1. The summed E-state index contributed by atoms with van der Waals surface area (Å²) in [6, 6.07) is 16.9. The number of fused-ring (bicyclic) bond motifs is 2. The zero-order valence-electron chi connectivity index (χ0n) is 24.1. The van der Waals surface area contributed by atoms with Crippen molar-refractivity contribution >= 4 is 30.6 Å². The van der Waals surface area contributed by atoms with Crippen molar-refractivity contribution in [3.05, 3.63) is 87.2 Å². The number of anilines is 4. The van der Waals surface area contributed by atoms with Gasteiger partial charge in [-0.15, -0.1) is 13.2 Å². The number of halogens is 6. The molecule has 4 nitrogen and oxygen atoms in total. The van der Waals surface area contributed by atoms with Gasteiger partial charge in [0, 0.05) is 26.2 Å². The maximum atomic E-state index is 9.87. The third-order valence-electron chi connectivity index (χ3n) is 6.00. The summed E-state index contributed by atoms with van der Waals surface area (Å²) >= 11 is 0. The van der Waals surface area contributed by atoms with Gasteiger partial charge in [0.2, 0.25) is 13.3 Å². The topological polar surface area (TPSA) is 13.0 Å². The molecular weight excluding hydrogens is 669 g/mol. The molecule has 0 saturated carbocycles. The molecule has 12 heteroatoms. The predicted octanol–water partition coefficient (Wildman–Crippen LogP) is 10.8. The molecule has 0 N–H and O–H groups in total. The molecule has 42 heavy (non-hydrogen) atoms. The SMILES string of the molecule is C=CCN1[C]N(CCCCC)c2ccccc21.C=CCN1[C]N(CCCCC)c2ccccc21.F[P-](F)(F)(F)(F)F.[Ag+]. The van der Waals surface area contributed by atoms with E-state index in [1.54, 1.807) is 0 Å². The second kappa shape index (κ2) is 16.1. The quantitative estimate of drug-likeness (QED) is 0.0715. The third kappa shape index (κ3) is 14.4. The number of para-hydroxylation sites is 4. The molecule has 0 spiro atoms. The molecule has 2 aliphatic heterocycles. The van der Waals surface area contributed by atoms with Gasteiger partial charge in [-0.3, -0.25) is 0 Å². The Morgan fingerprint density at radius 2 is 0.881 bits per heavy atom. The van der Waals surface area contributed by atoms with Gasteiger partial charge in [0.05, 0.1) is 22.7 Å². The van der Waals surface area contributed by atoms with Crippen LogP contribution in [-0.2, 0) is 22.4 Å². The van der Waals surface area contributed by atoms with E-state index >= 15 is 0 Å². The summed E-state index contributed by atoms with van der Waals surface area (Å²) in [5, 5.41) is 0. The van der Waals surface area contributed by atoms with E-state index in [2.05, 4.69) is 108 Å². The van der Waals surface area contributed by atoms with Crippen LogP contribution in [0.4, 0.5) is 47.9 Å². The fraction of sp³-hybridized carbons (Fsp3) is 0.400. The Kier molecular flexibility index (Phi) is 14.5. The van der Waals surface area contributed by atoms with Crippen LogP contribution in [0.1, 0.15) is 52.4 Å². The van der Waals surface area contributed by atoms with Crippen LogP contribution in [0.25, 0.3) is 0 Å². The van der Waals surface area contributed by atoms with Crippen LogP contribution in [0, 0.1) is 13.3 Å². The molecule has 0 fully saturated rings. The van der Waals surface area contributed by atoms with Crippen molar-refractivity contribution in [3.63, 3.8) is 0 Å². The van der Waals surface area contributed by atoms with E-state index < -0.39 is 7.81 Å². The van der Waals surface area contributed by atoms with Crippen molar-refractivity contribution < 1.29 is 47.6 Å². The molecule has 2 aromatic rings. The van der Waals surface area contributed by atoms with Crippen molar-refractivity contribution in [1.82, 2.24) is 0 Å². The zero-order chi connectivity index (χ0) is 30.6. The summed E-state index contributed by atoms with van der Waals surface area (Å²) in [5.41, 5.74) is 5.02. The Morgan fingerprint density at radius 1 is 0.595 bits per heavy atom. The van der Waals surface area contributed by atoms with E-state index in [4.69, 9.17) is 0 Å². The van der Waals surface area contributed by atoms with Crippen LogP contribution in [0.15, 0.2) is 73.8 Å². The molecule has 0 aromatic heterocycles. The Balaban J connectivity index is 0.000000338. The number of nitrogens with zero attached hydrogens (tertiary/aromatic N) is 4. The van der Waals surface area contributed by atoms with Gasteiger partial charge in [0.25, 0.3) is 0 Å². The van der Waals surface area contributed by atoms with Gasteiger partial charge >= 0.3 is 55.4 Å². The van der Waals surface area contributed by atoms with Crippen molar-refractivity contribution in [2.45, 2.75) is 52.4 Å². The molecule has 2 heterocycles. The molecule has 0 saturated heterocycles. The molecule has 0 unspecified atom stereocenters. The molecular formula is C30H40AgF6N4P. The Morgan fingerprint density at radius 3 is 1.14 bits per heavy atom. The first kappa shape index (κ1) is 37.9. The Hall–Kier alpha value is -2.13. The maximum Gasteiger partial charge on any atom is 1.00 e. The van der Waals surface area contributed by atoms with Crippen LogP contribution in [0.2, 0.25) is 0 Å². The summed E-state index contributed by atoms with van der Waals surface area (Å²) < 4.78 is 59.2. The first-order valence-electron chi connectivity index (χ1n) is 13.8. The molecule has 0 bridgehead atoms. The van der Waals surface area contributed by atoms with Crippen LogP contribution >= 0.6 is 7.81 Å². The van der Waals surface area contributed by atoms with Crippen LogP contribution in [0.5, 0.6) is 0 Å². The number of rotatable bonds is 12. The van der Waals surface area contributed by atoms with Crippen LogP contribution in [-0.4, -0.2) is 26.2 Å². The van der Waals surface area contributed by atoms with Gasteiger partial charge in [0.15, 0.2) is 0 Å². The van der Waals surface area contributed by atoms with E-state index in [-0.39, 0.29) is 22.4 Å². The molecule has 0 amide bonds. The Labute approximate surface area is 262 Å². The fourth-order valence-electron chi connectivity index (χ4n) is 4.27. The molecule has 0 atom stereocenters. The monoisotopic (exact) mass is 708 g/mol. The molecule has 2 aliphatic rings.